The maximum atomic E-state index is 14.0. The van der Waals surface area contributed by atoms with Gasteiger partial charge < -0.3 is 0 Å². The van der Waals surface area contributed by atoms with Crippen LogP contribution >= 0.6 is 0 Å². The van der Waals surface area contributed by atoms with Crippen molar-refractivity contribution in [3.63, 3.8) is 0 Å². The first-order valence-corrected chi connectivity index (χ1v) is 12.1. The summed E-state index contributed by atoms with van der Waals surface area (Å²) in [6, 6.07) is 6.57. The summed E-state index contributed by atoms with van der Waals surface area (Å²) in [6.07, 6.45) is 16.0. The van der Waals surface area contributed by atoms with Gasteiger partial charge in [-0.15, -0.1) is 0 Å². The van der Waals surface area contributed by atoms with Gasteiger partial charge in [0.05, 0.1) is 0 Å². The van der Waals surface area contributed by atoms with Crippen molar-refractivity contribution in [1.82, 2.24) is 0 Å². The fourth-order valence-corrected chi connectivity index (χ4v) is 6.17. The van der Waals surface area contributed by atoms with E-state index in [0.717, 1.165) is 35.8 Å². The number of fused-ring (bicyclic) bond motifs is 2. The van der Waals surface area contributed by atoms with Crippen LogP contribution in [-0.2, 0) is 0 Å². The van der Waals surface area contributed by atoms with Gasteiger partial charge in [0, 0.05) is 5.39 Å². The average Bonchev–Trinajstić information content (AvgIpc) is 2.76. The van der Waals surface area contributed by atoms with E-state index in [1.54, 1.807) is 6.07 Å². The molecule has 164 valence electrons. The van der Waals surface area contributed by atoms with Crippen LogP contribution in [0.15, 0.2) is 24.3 Å². The van der Waals surface area contributed by atoms with Crippen molar-refractivity contribution in [1.29, 1.82) is 0 Å². The third-order valence-corrected chi connectivity index (χ3v) is 7.91. The summed E-state index contributed by atoms with van der Waals surface area (Å²) in [5, 5.41) is 0.642. The van der Waals surface area contributed by atoms with Crippen molar-refractivity contribution in [3.8, 4) is 0 Å². The summed E-state index contributed by atoms with van der Waals surface area (Å²) in [6.45, 7) is 2.27. The zero-order chi connectivity index (χ0) is 21.1. The molecular formula is C27H35F3. The molecule has 0 aliphatic heterocycles. The second-order valence-electron chi connectivity index (χ2n) is 9.88. The molecular weight excluding hydrogens is 381 g/mol. The lowest BCUT2D eigenvalue weighted by atomic mass is 9.63. The molecule has 2 aromatic rings. The first-order valence-electron chi connectivity index (χ1n) is 12.1. The van der Waals surface area contributed by atoms with E-state index in [2.05, 4.69) is 6.92 Å². The Morgan fingerprint density at radius 3 is 2.40 bits per heavy atom. The van der Waals surface area contributed by atoms with Crippen molar-refractivity contribution in [2.45, 2.75) is 89.9 Å². The normalized spacial score (nSPS) is 26.7. The smallest absolute Gasteiger partial charge is 0.195 e. The van der Waals surface area contributed by atoms with E-state index in [1.165, 1.54) is 70.6 Å². The number of unbranched alkanes of at least 4 members (excludes halogenated alkanes) is 4. The van der Waals surface area contributed by atoms with Crippen LogP contribution in [-0.4, -0.2) is 0 Å². The largest absolute Gasteiger partial charge is 0.204 e. The van der Waals surface area contributed by atoms with E-state index >= 15 is 0 Å². The van der Waals surface area contributed by atoms with Crippen LogP contribution in [0.2, 0.25) is 0 Å². The molecule has 0 spiro atoms. The van der Waals surface area contributed by atoms with E-state index in [4.69, 9.17) is 0 Å². The molecule has 2 unspecified atom stereocenters. The van der Waals surface area contributed by atoms with Crippen molar-refractivity contribution >= 4 is 10.8 Å². The van der Waals surface area contributed by atoms with Gasteiger partial charge in [-0.1, -0.05) is 70.1 Å². The highest BCUT2D eigenvalue weighted by molar-refractivity contribution is 5.84. The second-order valence-corrected chi connectivity index (χ2v) is 9.88. The Balaban J connectivity index is 1.36. The Labute approximate surface area is 179 Å². The van der Waals surface area contributed by atoms with E-state index < -0.39 is 17.5 Å². The third-order valence-electron chi connectivity index (χ3n) is 7.91. The summed E-state index contributed by atoms with van der Waals surface area (Å²) >= 11 is 0. The van der Waals surface area contributed by atoms with E-state index in [0.29, 0.717) is 11.3 Å². The first-order chi connectivity index (χ1) is 14.6. The SMILES string of the molecule is CCCCCCC[C@@H]1CC[C@@H]2CC(c3ccc4c(F)c(F)c(F)cc4c3)CCC2C1. The van der Waals surface area contributed by atoms with Crippen molar-refractivity contribution < 1.29 is 13.2 Å². The molecule has 0 nitrogen and oxygen atoms in total. The zero-order valence-corrected chi connectivity index (χ0v) is 18.2. The van der Waals surface area contributed by atoms with Gasteiger partial charge in [-0.05, 0) is 72.8 Å². The highest BCUT2D eigenvalue weighted by Gasteiger charge is 2.35. The molecule has 2 aliphatic carbocycles. The summed E-state index contributed by atoms with van der Waals surface area (Å²) in [7, 11) is 0. The Kier molecular flexibility index (Phi) is 7.05. The Morgan fingerprint density at radius 1 is 0.800 bits per heavy atom. The molecule has 0 radical (unpaired) electrons. The maximum Gasteiger partial charge on any atom is 0.195 e. The van der Waals surface area contributed by atoms with Crippen molar-refractivity contribution in [2.75, 3.05) is 0 Å². The van der Waals surface area contributed by atoms with Gasteiger partial charge in [-0.3, -0.25) is 0 Å². The molecule has 2 fully saturated rings. The van der Waals surface area contributed by atoms with Gasteiger partial charge in [0.2, 0.25) is 0 Å². The van der Waals surface area contributed by atoms with Crippen LogP contribution in [0.3, 0.4) is 0 Å². The quantitative estimate of drug-likeness (QED) is 0.312. The summed E-state index contributed by atoms with van der Waals surface area (Å²) < 4.78 is 41.2. The molecule has 2 saturated carbocycles. The van der Waals surface area contributed by atoms with Crippen LogP contribution in [0, 0.1) is 35.2 Å². The van der Waals surface area contributed by atoms with E-state index in [9.17, 15) is 13.2 Å². The summed E-state index contributed by atoms with van der Waals surface area (Å²) in [5.41, 5.74) is 1.16. The minimum atomic E-state index is -1.38. The standard InChI is InChI=1S/C27H35F3/c1-2-3-4-5-6-7-18-8-9-20-15-21(11-10-19(20)14-18)22-12-13-24-23(16-22)17-25(28)27(30)26(24)29/h12-13,16-21H,2-11,14-15H2,1H3/t18-,19?,20-,21?/m1/s1. The average molecular weight is 417 g/mol. The molecule has 0 aromatic heterocycles. The topological polar surface area (TPSA) is 0 Å². The Bertz CT molecular complexity index is 859. The fraction of sp³-hybridized carbons (Fsp3) is 0.630. The Hall–Kier alpha value is -1.51. The molecule has 30 heavy (non-hydrogen) atoms. The molecule has 0 amide bonds. The molecule has 0 saturated heterocycles. The lowest BCUT2D eigenvalue weighted by Gasteiger charge is -2.42. The third kappa shape index (κ3) is 4.70. The lowest BCUT2D eigenvalue weighted by molar-refractivity contribution is 0.113. The molecule has 3 heteroatoms. The van der Waals surface area contributed by atoms with Crippen LogP contribution in [0.25, 0.3) is 10.8 Å². The van der Waals surface area contributed by atoms with Gasteiger partial charge in [-0.25, -0.2) is 13.2 Å². The predicted octanol–water partition coefficient (Wildman–Crippen LogP) is 8.92. The van der Waals surface area contributed by atoms with Crippen LogP contribution in [0.5, 0.6) is 0 Å². The molecule has 4 atom stereocenters. The fourth-order valence-electron chi connectivity index (χ4n) is 6.17. The summed E-state index contributed by atoms with van der Waals surface area (Å²) in [5.74, 6) is -0.527. The molecule has 0 bridgehead atoms. The summed E-state index contributed by atoms with van der Waals surface area (Å²) in [4.78, 5) is 0. The van der Waals surface area contributed by atoms with Crippen LogP contribution in [0.4, 0.5) is 13.2 Å². The number of hydrogen-bond acceptors (Lipinski definition) is 0. The minimum Gasteiger partial charge on any atom is -0.204 e. The highest BCUT2D eigenvalue weighted by atomic mass is 19.2. The molecule has 2 aliphatic rings. The predicted molar refractivity (Wildman–Crippen MR) is 118 cm³/mol. The molecule has 0 N–H and O–H groups in total. The number of rotatable bonds is 7. The zero-order valence-electron chi connectivity index (χ0n) is 18.2. The highest BCUT2D eigenvalue weighted by Crippen LogP contribution is 2.48. The van der Waals surface area contributed by atoms with Gasteiger partial charge in [0.25, 0.3) is 0 Å². The number of benzene rings is 2. The maximum absolute atomic E-state index is 14.0. The first kappa shape index (κ1) is 21.7. The van der Waals surface area contributed by atoms with Gasteiger partial charge in [0.1, 0.15) is 0 Å². The lowest BCUT2D eigenvalue weighted by Crippen LogP contribution is -2.30. The Morgan fingerprint density at radius 2 is 1.57 bits per heavy atom. The van der Waals surface area contributed by atoms with Gasteiger partial charge in [-0.2, -0.15) is 0 Å². The van der Waals surface area contributed by atoms with Crippen molar-refractivity contribution in [2.24, 2.45) is 17.8 Å². The molecule has 0 heterocycles. The van der Waals surface area contributed by atoms with Gasteiger partial charge in [0.15, 0.2) is 17.5 Å². The molecule has 2 aromatic carbocycles. The van der Waals surface area contributed by atoms with Crippen LogP contribution < -0.4 is 0 Å². The second kappa shape index (κ2) is 9.75. The van der Waals surface area contributed by atoms with Gasteiger partial charge >= 0.3 is 0 Å². The van der Waals surface area contributed by atoms with E-state index in [-0.39, 0.29) is 5.39 Å². The van der Waals surface area contributed by atoms with E-state index in [1.807, 2.05) is 12.1 Å². The number of hydrogen-bond donors (Lipinski definition) is 0. The number of halogens is 3. The van der Waals surface area contributed by atoms with Crippen molar-refractivity contribution in [3.05, 3.63) is 47.3 Å². The monoisotopic (exact) mass is 416 g/mol. The minimum absolute atomic E-state index is 0.172. The van der Waals surface area contributed by atoms with Crippen LogP contribution in [0.1, 0.15) is 95.5 Å². The molecule has 4 rings (SSSR count).